The van der Waals surface area contributed by atoms with Gasteiger partial charge in [0.05, 0.1) is 22.1 Å². The molecule has 0 bridgehead atoms. The SMILES string of the molecule is CC(C)(C)[C@H](NC(=O)NC1(CS(=O)(=O)C(C)(C)C)CCCCC1)C(=O)N1CCC[C@H]1C(=O)NC(CC1CC1)C(=O)C(N)=O. The summed E-state index contributed by atoms with van der Waals surface area (Å²) in [5, 5.41) is 8.44. The van der Waals surface area contributed by atoms with E-state index in [9.17, 15) is 32.4 Å². The van der Waals surface area contributed by atoms with Crippen molar-refractivity contribution >= 4 is 39.4 Å². The Bertz CT molecular complexity index is 1190. The average molecular weight is 626 g/mol. The first-order valence-electron chi connectivity index (χ1n) is 15.5. The highest BCUT2D eigenvalue weighted by atomic mass is 32.2. The minimum Gasteiger partial charge on any atom is -0.363 e. The Kier molecular flexibility index (Phi) is 10.6. The number of sulfone groups is 1. The third kappa shape index (κ3) is 8.92. The van der Waals surface area contributed by atoms with Crippen LogP contribution in [0.3, 0.4) is 0 Å². The Morgan fingerprint density at radius 2 is 1.51 bits per heavy atom. The predicted octanol–water partition coefficient (Wildman–Crippen LogP) is 1.95. The van der Waals surface area contributed by atoms with Crippen LogP contribution in [0.4, 0.5) is 4.79 Å². The minimum atomic E-state index is -3.54. The van der Waals surface area contributed by atoms with Gasteiger partial charge in [0.25, 0.3) is 5.91 Å². The molecule has 2 saturated carbocycles. The molecule has 1 unspecified atom stereocenters. The van der Waals surface area contributed by atoms with Gasteiger partial charge in [0.2, 0.25) is 17.6 Å². The van der Waals surface area contributed by atoms with Gasteiger partial charge in [-0.15, -0.1) is 0 Å². The Labute approximate surface area is 255 Å². The number of carbonyl (C=O) groups is 5. The summed E-state index contributed by atoms with van der Waals surface area (Å²) in [6.07, 6.45) is 6.63. The highest BCUT2D eigenvalue weighted by molar-refractivity contribution is 7.92. The van der Waals surface area contributed by atoms with E-state index in [1.807, 2.05) is 0 Å². The molecule has 244 valence electrons. The molecule has 3 rings (SSSR count). The molecule has 0 spiro atoms. The summed E-state index contributed by atoms with van der Waals surface area (Å²) >= 11 is 0. The van der Waals surface area contributed by atoms with Gasteiger partial charge < -0.3 is 26.6 Å². The zero-order valence-corrected chi connectivity index (χ0v) is 27.4. The number of nitrogens with one attached hydrogen (secondary N) is 3. The van der Waals surface area contributed by atoms with Crippen LogP contribution < -0.4 is 21.7 Å². The van der Waals surface area contributed by atoms with Crippen molar-refractivity contribution in [1.82, 2.24) is 20.9 Å². The maximum Gasteiger partial charge on any atom is 0.315 e. The summed E-state index contributed by atoms with van der Waals surface area (Å²) < 4.78 is 25.4. The van der Waals surface area contributed by atoms with E-state index < -0.39 is 73.2 Å². The van der Waals surface area contributed by atoms with E-state index in [0.717, 1.165) is 32.1 Å². The molecule has 5 amide bonds. The highest BCUT2D eigenvalue weighted by Gasteiger charge is 2.46. The highest BCUT2D eigenvalue weighted by Crippen LogP contribution is 2.35. The van der Waals surface area contributed by atoms with Crippen LogP contribution in [0.25, 0.3) is 0 Å². The number of ketones is 1. The number of carbonyl (C=O) groups excluding carboxylic acids is 5. The van der Waals surface area contributed by atoms with Crippen molar-refractivity contribution in [2.75, 3.05) is 12.3 Å². The Morgan fingerprint density at radius 1 is 0.907 bits per heavy atom. The van der Waals surface area contributed by atoms with E-state index in [0.29, 0.717) is 32.1 Å². The van der Waals surface area contributed by atoms with Gasteiger partial charge in [-0.1, -0.05) is 52.9 Å². The van der Waals surface area contributed by atoms with Gasteiger partial charge in [0, 0.05) is 6.54 Å². The number of hydrogen-bond acceptors (Lipinski definition) is 7. The van der Waals surface area contributed by atoms with Crippen molar-refractivity contribution in [3.8, 4) is 0 Å². The quantitative estimate of drug-likeness (QED) is 0.253. The molecule has 2 aliphatic carbocycles. The monoisotopic (exact) mass is 625 g/mol. The molecule has 1 aliphatic heterocycles. The van der Waals surface area contributed by atoms with Crippen LogP contribution in [-0.2, 0) is 29.0 Å². The van der Waals surface area contributed by atoms with E-state index in [4.69, 9.17) is 5.73 Å². The van der Waals surface area contributed by atoms with Crippen LogP contribution in [0, 0.1) is 11.3 Å². The van der Waals surface area contributed by atoms with E-state index in [1.54, 1.807) is 41.5 Å². The van der Waals surface area contributed by atoms with E-state index >= 15 is 0 Å². The van der Waals surface area contributed by atoms with Crippen LogP contribution in [-0.4, -0.2) is 83.6 Å². The number of rotatable bonds is 11. The predicted molar refractivity (Wildman–Crippen MR) is 162 cm³/mol. The lowest BCUT2D eigenvalue weighted by Gasteiger charge is -2.41. The first-order valence-corrected chi connectivity index (χ1v) is 17.2. The number of amides is 5. The summed E-state index contributed by atoms with van der Waals surface area (Å²) in [4.78, 5) is 66.2. The number of nitrogens with zero attached hydrogens (tertiary/aromatic N) is 1. The van der Waals surface area contributed by atoms with Crippen molar-refractivity contribution < 1.29 is 32.4 Å². The van der Waals surface area contributed by atoms with E-state index in [-0.39, 0.29) is 18.2 Å². The largest absolute Gasteiger partial charge is 0.363 e. The number of nitrogens with two attached hydrogens (primary N) is 1. The van der Waals surface area contributed by atoms with Gasteiger partial charge in [0.1, 0.15) is 12.1 Å². The van der Waals surface area contributed by atoms with Crippen molar-refractivity contribution in [2.45, 2.75) is 134 Å². The molecular weight excluding hydrogens is 574 g/mol. The molecule has 1 saturated heterocycles. The summed E-state index contributed by atoms with van der Waals surface area (Å²) in [6, 6.07) is -3.55. The Balaban J connectivity index is 1.76. The molecule has 1 heterocycles. The van der Waals surface area contributed by atoms with Gasteiger partial charge in [-0.25, -0.2) is 13.2 Å². The lowest BCUT2D eigenvalue weighted by Crippen LogP contribution is -2.63. The number of Topliss-reactive ketones (excluding diaryl/α,β-unsaturated/α-hetero) is 1. The molecule has 3 atom stereocenters. The van der Waals surface area contributed by atoms with Crippen LogP contribution in [0.15, 0.2) is 0 Å². The van der Waals surface area contributed by atoms with Crippen molar-refractivity contribution in [1.29, 1.82) is 0 Å². The van der Waals surface area contributed by atoms with Gasteiger partial charge >= 0.3 is 6.03 Å². The molecule has 0 aromatic rings. The van der Waals surface area contributed by atoms with Crippen molar-refractivity contribution in [3.05, 3.63) is 0 Å². The summed E-state index contributed by atoms with van der Waals surface area (Å²) in [6.45, 7) is 10.6. The van der Waals surface area contributed by atoms with Gasteiger partial charge in [-0.05, 0) is 64.2 Å². The molecule has 12 nitrogen and oxygen atoms in total. The van der Waals surface area contributed by atoms with Crippen molar-refractivity contribution in [3.63, 3.8) is 0 Å². The fourth-order valence-electron chi connectivity index (χ4n) is 6.00. The molecule has 3 aliphatic rings. The fourth-order valence-corrected chi connectivity index (χ4v) is 7.52. The van der Waals surface area contributed by atoms with Crippen LogP contribution in [0.2, 0.25) is 0 Å². The zero-order valence-electron chi connectivity index (χ0n) is 26.6. The molecule has 0 radical (unpaired) electrons. The third-order valence-electron chi connectivity index (χ3n) is 8.96. The standard InChI is InChI=1S/C30H51N5O7S/c1-28(2,3)23(33-27(40)34-30(14-8-7-9-15-30)18-43(41,42)29(4,5)6)26(39)35-16-10-11-21(35)25(38)32-20(17-19-12-13-19)22(36)24(31)37/h19-21,23H,7-18H2,1-6H3,(H2,31,37)(H,32,38)(H2,33,34,40)/t20?,21-,23+/m0/s1. The maximum absolute atomic E-state index is 14.0. The number of hydrogen-bond donors (Lipinski definition) is 4. The smallest absolute Gasteiger partial charge is 0.315 e. The van der Waals surface area contributed by atoms with Crippen LogP contribution >= 0.6 is 0 Å². The topological polar surface area (TPSA) is 185 Å². The third-order valence-corrected chi connectivity index (χ3v) is 11.8. The molecule has 13 heteroatoms. The van der Waals surface area contributed by atoms with E-state index in [1.165, 1.54) is 4.90 Å². The minimum absolute atomic E-state index is 0.189. The van der Waals surface area contributed by atoms with Crippen LogP contribution in [0.5, 0.6) is 0 Å². The van der Waals surface area contributed by atoms with Gasteiger partial charge in [0.15, 0.2) is 9.84 Å². The van der Waals surface area contributed by atoms with Gasteiger partial charge in [-0.2, -0.15) is 0 Å². The number of likely N-dealkylation sites (tertiary alicyclic amines) is 1. The van der Waals surface area contributed by atoms with Crippen LogP contribution in [0.1, 0.15) is 106 Å². The molecule has 3 fully saturated rings. The summed E-state index contributed by atoms with van der Waals surface area (Å²) in [5.74, 6) is -2.89. The molecular formula is C30H51N5O7S. The van der Waals surface area contributed by atoms with Gasteiger partial charge in [-0.3, -0.25) is 19.2 Å². The van der Waals surface area contributed by atoms with E-state index in [2.05, 4.69) is 16.0 Å². The first kappa shape index (κ1) is 34.8. The molecule has 0 aromatic carbocycles. The normalized spacial score (nSPS) is 22.3. The van der Waals surface area contributed by atoms with Crippen molar-refractivity contribution in [2.24, 2.45) is 17.1 Å². The number of primary amides is 1. The second-order valence-electron chi connectivity index (χ2n) is 14.8. The number of urea groups is 1. The lowest BCUT2D eigenvalue weighted by atomic mass is 9.83. The lowest BCUT2D eigenvalue weighted by molar-refractivity contribution is -0.143. The second kappa shape index (κ2) is 13.1. The Hall–Kier alpha value is -2.70. The fraction of sp³-hybridized carbons (Fsp3) is 0.833. The summed E-state index contributed by atoms with van der Waals surface area (Å²) in [5.41, 5.74) is 3.53. The molecule has 0 aromatic heterocycles. The maximum atomic E-state index is 14.0. The zero-order chi connectivity index (χ0) is 32.4. The first-order chi connectivity index (χ1) is 19.8. The summed E-state index contributed by atoms with van der Waals surface area (Å²) in [7, 11) is -3.54. The molecule has 43 heavy (non-hydrogen) atoms. The molecule has 5 N–H and O–H groups in total. The average Bonchev–Trinajstić information content (AvgIpc) is 3.55. The second-order valence-corrected chi connectivity index (χ2v) is 17.5. The Morgan fingerprint density at radius 3 is 2.02 bits per heavy atom.